The number of amides is 1. The van der Waals surface area contributed by atoms with E-state index in [1.807, 2.05) is 49.4 Å². The Bertz CT molecular complexity index is 1740. The van der Waals surface area contributed by atoms with Crippen LogP contribution in [-0.4, -0.2) is 47.2 Å². The van der Waals surface area contributed by atoms with E-state index in [2.05, 4.69) is 76.3 Å². The van der Waals surface area contributed by atoms with Crippen molar-refractivity contribution in [3.05, 3.63) is 89.5 Å². The summed E-state index contributed by atoms with van der Waals surface area (Å²) in [5, 5.41) is 3.95. The van der Waals surface area contributed by atoms with Crippen LogP contribution >= 0.6 is 0 Å². The number of carbonyl (C=O) groups excluding carboxylic acids is 1. The minimum atomic E-state index is -0.160. The first kappa shape index (κ1) is 27.5. The highest BCUT2D eigenvalue weighted by atomic mass is 16.5. The van der Waals surface area contributed by atoms with Gasteiger partial charge in [0.05, 0.1) is 18.9 Å². The van der Waals surface area contributed by atoms with E-state index in [0.717, 1.165) is 59.8 Å². The lowest BCUT2D eigenvalue weighted by Gasteiger charge is -2.28. The molecule has 214 valence electrons. The van der Waals surface area contributed by atoms with E-state index >= 15 is 0 Å². The first-order valence-electron chi connectivity index (χ1n) is 14.3. The summed E-state index contributed by atoms with van der Waals surface area (Å²) in [6, 6.07) is 24.2. The van der Waals surface area contributed by atoms with Gasteiger partial charge in [-0.25, -0.2) is 4.98 Å². The molecule has 8 heteroatoms. The van der Waals surface area contributed by atoms with Gasteiger partial charge in [0.1, 0.15) is 5.65 Å². The summed E-state index contributed by atoms with van der Waals surface area (Å²) in [5.41, 5.74) is 15.0. The van der Waals surface area contributed by atoms with Gasteiger partial charge in [-0.15, -0.1) is 0 Å². The molecule has 8 nitrogen and oxygen atoms in total. The predicted molar refractivity (Wildman–Crippen MR) is 170 cm³/mol. The number of morpholine rings is 1. The van der Waals surface area contributed by atoms with Crippen LogP contribution in [0.25, 0.3) is 33.5 Å². The first-order valence-corrected chi connectivity index (χ1v) is 14.3. The molecule has 2 aromatic heterocycles. The van der Waals surface area contributed by atoms with Crippen molar-refractivity contribution in [3.8, 4) is 22.5 Å². The van der Waals surface area contributed by atoms with Gasteiger partial charge in [0.25, 0.3) is 5.91 Å². The van der Waals surface area contributed by atoms with Crippen LogP contribution in [-0.2, 0) is 10.2 Å². The number of nitrogens with two attached hydrogens (primary N) is 1. The summed E-state index contributed by atoms with van der Waals surface area (Å²) in [6.45, 7) is 11.7. The SMILES string of the molecule is Cc1c(NC(=O)c2ccc(C(C)(C)C)cc2)cccc1-c1nc(N)nc2[nH]c(-c3ccc(N4CCOCC4)cc3)cc12. The highest BCUT2D eigenvalue weighted by Crippen LogP contribution is 2.35. The van der Waals surface area contributed by atoms with E-state index in [-0.39, 0.29) is 17.3 Å². The number of nitrogens with one attached hydrogen (secondary N) is 2. The quantitative estimate of drug-likeness (QED) is 0.224. The number of fused-ring (bicyclic) bond motifs is 1. The van der Waals surface area contributed by atoms with E-state index < -0.39 is 0 Å². The molecule has 0 atom stereocenters. The molecule has 0 radical (unpaired) electrons. The third-order valence-electron chi connectivity index (χ3n) is 7.91. The van der Waals surface area contributed by atoms with Crippen LogP contribution in [0.1, 0.15) is 42.3 Å². The van der Waals surface area contributed by atoms with Crippen molar-refractivity contribution < 1.29 is 9.53 Å². The van der Waals surface area contributed by atoms with Crippen LogP contribution in [0.2, 0.25) is 0 Å². The molecule has 42 heavy (non-hydrogen) atoms. The average molecular weight is 561 g/mol. The molecule has 3 heterocycles. The fraction of sp³-hybridized carbons (Fsp3) is 0.265. The Labute approximate surface area is 246 Å². The number of hydrogen-bond acceptors (Lipinski definition) is 6. The summed E-state index contributed by atoms with van der Waals surface area (Å²) in [7, 11) is 0. The van der Waals surface area contributed by atoms with Crippen LogP contribution in [0, 0.1) is 6.92 Å². The van der Waals surface area contributed by atoms with E-state index in [0.29, 0.717) is 16.9 Å². The fourth-order valence-corrected chi connectivity index (χ4v) is 5.40. The van der Waals surface area contributed by atoms with Crippen molar-refractivity contribution >= 4 is 34.3 Å². The molecule has 4 N–H and O–H groups in total. The van der Waals surface area contributed by atoms with Gasteiger partial charge in [-0.2, -0.15) is 4.98 Å². The maximum atomic E-state index is 13.2. The maximum Gasteiger partial charge on any atom is 0.255 e. The number of H-pyrrole nitrogens is 1. The number of rotatable bonds is 5. The van der Waals surface area contributed by atoms with Gasteiger partial charge in [0.15, 0.2) is 0 Å². The molecule has 0 bridgehead atoms. The minimum absolute atomic E-state index is 0.0229. The zero-order chi connectivity index (χ0) is 29.4. The largest absolute Gasteiger partial charge is 0.378 e. The topological polar surface area (TPSA) is 109 Å². The number of aromatic nitrogens is 3. The van der Waals surface area contributed by atoms with Gasteiger partial charge in [-0.1, -0.05) is 57.2 Å². The molecule has 0 saturated carbocycles. The Kier molecular flexibility index (Phi) is 7.16. The number of nitrogen functional groups attached to an aromatic ring is 1. The third kappa shape index (κ3) is 5.45. The molecule has 1 saturated heterocycles. The van der Waals surface area contributed by atoms with Crippen LogP contribution in [0.5, 0.6) is 0 Å². The average Bonchev–Trinajstić information content (AvgIpc) is 3.42. The molecule has 1 fully saturated rings. The molecule has 0 spiro atoms. The number of ether oxygens (including phenoxy) is 1. The normalized spacial score (nSPS) is 13.9. The fourth-order valence-electron chi connectivity index (χ4n) is 5.40. The molecular weight excluding hydrogens is 524 g/mol. The van der Waals surface area contributed by atoms with Gasteiger partial charge in [-0.05, 0) is 65.4 Å². The second kappa shape index (κ2) is 10.9. The number of anilines is 3. The molecule has 1 amide bonds. The van der Waals surface area contributed by atoms with Gasteiger partial charge in [0, 0.05) is 46.7 Å². The highest BCUT2D eigenvalue weighted by Gasteiger charge is 2.19. The van der Waals surface area contributed by atoms with Crippen LogP contribution in [0.15, 0.2) is 72.8 Å². The summed E-state index contributed by atoms with van der Waals surface area (Å²) >= 11 is 0. The first-order chi connectivity index (χ1) is 20.2. The zero-order valence-corrected chi connectivity index (χ0v) is 24.5. The predicted octanol–water partition coefficient (Wildman–Crippen LogP) is 6.57. The molecule has 3 aromatic carbocycles. The highest BCUT2D eigenvalue weighted by molar-refractivity contribution is 6.05. The second-order valence-electron chi connectivity index (χ2n) is 11.8. The number of hydrogen-bond donors (Lipinski definition) is 3. The molecule has 0 unspecified atom stereocenters. The monoisotopic (exact) mass is 560 g/mol. The number of benzene rings is 3. The third-order valence-corrected chi connectivity index (χ3v) is 7.91. The van der Waals surface area contributed by atoms with E-state index in [4.69, 9.17) is 10.5 Å². The minimum Gasteiger partial charge on any atom is -0.378 e. The molecule has 6 rings (SSSR count). The Morgan fingerprint density at radius 2 is 1.69 bits per heavy atom. The molecular formula is C34H36N6O2. The molecule has 5 aromatic rings. The molecule has 1 aliphatic rings. The van der Waals surface area contributed by atoms with Gasteiger partial charge in [0.2, 0.25) is 5.95 Å². The maximum absolute atomic E-state index is 13.2. The summed E-state index contributed by atoms with van der Waals surface area (Å²) in [5.74, 6) is 0.0221. The van der Waals surface area contributed by atoms with Crippen molar-refractivity contribution in [2.24, 2.45) is 0 Å². The standard InChI is InChI=1S/C34H36N6O2/c1-21-26(6-5-7-28(21)37-32(41)23-8-12-24(13-9-23)34(2,3)4)30-27-20-29(36-31(27)39-33(35)38-30)22-10-14-25(15-11-22)40-16-18-42-19-17-40/h5-15,20H,16-19H2,1-4H3,(H,37,41)(H3,35,36,38,39). The van der Waals surface area contributed by atoms with Crippen molar-refractivity contribution in [1.29, 1.82) is 0 Å². The number of nitrogens with zero attached hydrogens (tertiary/aromatic N) is 3. The second-order valence-corrected chi connectivity index (χ2v) is 11.8. The lowest BCUT2D eigenvalue weighted by molar-refractivity contribution is 0.102. The lowest BCUT2D eigenvalue weighted by Crippen LogP contribution is -2.36. The van der Waals surface area contributed by atoms with Gasteiger partial charge >= 0.3 is 0 Å². The van der Waals surface area contributed by atoms with E-state index in [1.165, 1.54) is 11.3 Å². The van der Waals surface area contributed by atoms with Crippen LogP contribution in [0.3, 0.4) is 0 Å². The van der Waals surface area contributed by atoms with Gasteiger partial charge < -0.3 is 25.7 Å². The van der Waals surface area contributed by atoms with Crippen molar-refractivity contribution in [3.63, 3.8) is 0 Å². The summed E-state index contributed by atoms with van der Waals surface area (Å²) in [6.07, 6.45) is 0. The molecule has 1 aliphatic heterocycles. The van der Waals surface area contributed by atoms with E-state index in [9.17, 15) is 4.79 Å². The van der Waals surface area contributed by atoms with Crippen molar-refractivity contribution in [2.75, 3.05) is 42.3 Å². The Balaban J connectivity index is 1.30. The summed E-state index contributed by atoms with van der Waals surface area (Å²) in [4.78, 5) is 28.0. The van der Waals surface area contributed by atoms with Crippen molar-refractivity contribution in [1.82, 2.24) is 15.0 Å². The smallest absolute Gasteiger partial charge is 0.255 e. The Hall–Kier alpha value is -4.69. The summed E-state index contributed by atoms with van der Waals surface area (Å²) < 4.78 is 5.48. The molecule has 0 aliphatic carbocycles. The van der Waals surface area contributed by atoms with Crippen LogP contribution < -0.4 is 16.0 Å². The van der Waals surface area contributed by atoms with Crippen LogP contribution in [0.4, 0.5) is 17.3 Å². The van der Waals surface area contributed by atoms with Crippen molar-refractivity contribution in [2.45, 2.75) is 33.1 Å². The van der Waals surface area contributed by atoms with E-state index in [1.54, 1.807) is 0 Å². The Morgan fingerprint density at radius 1 is 0.976 bits per heavy atom. The number of carbonyl (C=O) groups is 1. The zero-order valence-electron chi connectivity index (χ0n) is 24.5. The Morgan fingerprint density at radius 3 is 2.38 bits per heavy atom. The lowest BCUT2D eigenvalue weighted by atomic mass is 9.86. The number of aromatic amines is 1. The van der Waals surface area contributed by atoms with Gasteiger partial charge in [-0.3, -0.25) is 4.79 Å².